The maximum Gasteiger partial charge on any atom is 0.239 e. The van der Waals surface area contributed by atoms with Gasteiger partial charge in [0, 0.05) is 38.1 Å². The Labute approximate surface area is 161 Å². The molecule has 1 aromatic rings. The second-order valence-electron chi connectivity index (χ2n) is 7.34. The lowest BCUT2D eigenvalue weighted by molar-refractivity contribution is -0.126. The van der Waals surface area contributed by atoms with Crippen LogP contribution in [0.5, 0.6) is 0 Å². The number of rotatable bonds is 6. The van der Waals surface area contributed by atoms with Crippen LogP contribution in [0.1, 0.15) is 24.8 Å². The lowest BCUT2D eigenvalue weighted by Gasteiger charge is -2.33. The van der Waals surface area contributed by atoms with Crippen LogP contribution in [0.25, 0.3) is 0 Å². The van der Waals surface area contributed by atoms with E-state index in [-0.39, 0.29) is 36.5 Å². The third-order valence-electron chi connectivity index (χ3n) is 5.67. The van der Waals surface area contributed by atoms with Crippen LogP contribution in [0, 0.1) is 12.3 Å². The fourth-order valence-corrected chi connectivity index (χ4v) is 4.18. The van der Waals surface area contributed by atoms with E-state index in [4.69, 9.17) is 6.42 Å². The van der Waals surface area contributed by atoms with Crippen molar-refractivity contribution in [3.8, 4) is 12.3 Å². The predicted molar refractivity (Wildman–Crippen MR) is 105 cm³/mol. The molecular weight excluding hydrogens is 340 g/mol. The average molecular weight is 368 g/mol. The largest absolute Gasteiger partial charge is 0.353 e. The molecule has 3 atom stereocenters. The van der Waals surface area contributed by atoms with E-state index < -0.39 is 0 Å². The molecule has 144 valence electrons. The Kier molecular flexibility index (Phi) is 6.49. The summed E-state index contributed by atoms with van der Waals surface area (Å²) in [6.45, 7) is 2.51. The van der Waals surface area contributed by atoms with E-state index in [0.29, 0.717) is 19.4 Å². The Morgan fingerprint density at radius 3 is 2.89 bits per heavy atom. The fraction of sp³-hybridized carbons (Fsp3) is 0.524. The number of nitrogens with zero attached hydrogens (tertiary/aromatic N) is 2. The Balaban J connectivity index is 1.63. The van der Waals surface area contributed by atoms with Crippen molar-refractivity contribution in [1.29, 1.82) is 0 Å². The normalized spacial score (nSPS) is 25.9. The van der Waals surface area contributed by atoms with E-state index in [9.17, 15) is 9.59 Å². The van der Waals surface area contributed by atoms with Gasteiger partial charge in [-0.2, -0.15) is 0 Å². The van der Waals surface area contributed by atoms with Crippen molar-refractivity contribution in [3.63, 3.8) is 0 Å². The fourth-order valence-electron chi connectivity index (χ4n) is 4.18. The first-order valence-electron chi connectivity index (χ1n) is 9.58. The van der Waals surface area contributed by atoms with Gasteiger partial charge in [-0.3, -0.25) is 19.4 Å². The van der Waals surface area contributed by atoms with Crippen molar-refractivity contribution in [2.75, 3.05) is 26.7 Å². The Bertz CT molecular complexity index is 700. The standard InChI is InChI=1S/C21H28N4O2/c1-3-12-22-19(26)10-9-17-14-23-21(27)20-18(24(17)2)11-13-25(20)15-16-7-5-4-6-8-16/h1,4-8,17-18,20H,9-15H2,2H3,(H,22,26)(H,23,27). The molecule has 0 spiro atoms. The first kappa shape index (κ1) is 19.4. The lowest BCUT2D eigenvalue weighted by Crippen LogP contribution is -2.49. The lowest BCUT2D eigenvalue weighted by atomic mass is 10.0. The molecule has 2 N–H and O–H groups in total. The molecule has 2 saturated heterocycles. The van der Waals surface area contributed by atoms with Crippen LogP contribution in [-0.2, 0) is 16.1 Å². The van der Waals surface area contributed by atoms with Gasteiger partial charge < -0.3 is 10.6 Å². The zero-order chi connectivity index (χ0) is 19.2. The van der Waals surface area contributed by atoms with E-state index in [1.165, 1.54) is 5.56 Å². The predicted octanol–water partition coefficient (Wildman–Crippen LogP) is 0.589. The minimum Gasteiger partial charge on any atom is -0.353 e. The highest BCUT2D eigenvalue weighted by Crippen LogP contribution is 2.28. The van der Waals surface area contributed by atoms with Crippen molar-refractivity contribution in [3.05, 3.63) is 35.9 Å². The summed E-state index contributed by atoms with van der Waals surface area (Å²) in [6.07, 6.45) is 7.25. The minimum atomic E-state index is -0.143. The third kappa shape index (κ3) is 4.68. The Morgan fingerprint density at radius 2 is 2.15 bits per heavy atom. The van der Waals surface area contributed by atoms with E-state index in [0.717, 1.165) is 19.5 Å². The van der Waals surface area contributed by atoms with Crippen molar-refractivity contribution in [2.24, 2.45) is 0 Å². The van der Waals surface area contributed by atoms with Gasteiger partial charge in [0.15, 0.2) is 0 Å². The minimum absolute atomic E-state index is 0.0365. The van der Waals surface area contributed by atoms with E-state index in [1.54, 1.807) is 0 Å². The van der Waals surface area contributed by atoms with Crippen LogP contribution in [0.3, 0.4) is 0 Å². The summed E-state index contributed by atoms with van der Waals surface area (Å²) in [4.78, 5) is 29.2. The van der Waals surface area contributed by atoms with Gasteiger partial charge in [-0.05, 0) is 25.5 Å². The monoisotopic (exact) mass is 368 g/mol. The van der Waals surface area contributed by atoms with Crippen molar-refractivity contribution in [1.82, 2.24) is 20.4 Å². The number of terminal acetylenes is 1. The van der Waals surface area contributed by atoms with Crippen molar-refractivity contribution in [2.45, 2.75) is 43.9 Å². The third-order valence-corrected chi connectivity index (χ3v) is 5.67. The molecule has 2 heterocycles. The van der Waals surface area contributed by atoms with Crippen LogP contribution >= 0.6 is 0 Å². The highest BCUT2D eigenvalue weighted by molar-refractivity contribution is 5.83. The maximum absolute atomic E-state index is 12.8. The molecule has 2 aliphatic rings. The summed E-state index contributed by atoms with van der Waals surface area (Å²) in [5.74, 6) is 2.47. The van der Waals surface area contributed by atoms with Crippen LogP contribution in [0.15, 0.2) is 30.3 Å². The maximum atomic E-state index is 12.8. The van der Waals surface area contributed by atoms with Gasteiger partial charge in [-0.1, -0.05) is 36.3 Å². The zero-order valence-electron chi connectivity index (χ0n) is 15.9. The van der Waals surface area contributed by atoms with Gasteiger partial charge in [-0.25, -0.2) is 0 Å². The number of hydrogen-bond donors (Lipinski definition) is 2. The summed E-state index contributed by atoms with van der Waals surface area (Å²) < 4.78 is 0. The number of carbonyl (C=O) groups is 2. The number of fused-ring (bicyclic) bond motifs is 1. The summed E-state index contributed by atoms with van der Waals surface area (Å²) in [5, 5.41) is 5.80. The summed E-state index contributed by atoms with van der Waals surface area (Å²) >= 11 is 0. The SMILES string of the molecule is C#CCNC(=O)CCC1CNC(=O)C2C(CCN2Cc2ccccc2)N1C. The second kappa shape index (κ2) is 9.03. The molecule has 2 fully saturated rings. The van der Waals surface area contributed by atoms with Gasteiger partial charge in [0.05, 0.1) is 6.54 Å². The second-order valence-corrected chi connectivity index (χ2v) is 7.34. The highest BCUT2D eigenvalue weighted by atomic mass is 16.2. The van der Waals surface area contributed by atoms with Crippen LogP contribution in [0.2, 0.25) is 0 Å². The molecule has 0 aliphatic carbocycles. The van der Waals surface area contributed by atoms with Gasteiger partial charge in [0.25, 0.3) is 0 Å². The summed E-state index contributed by atoms with van der Waals surface area (Å²) in [6, 6.07) is 10.5. The smallest absolute Gasteiger partial charge is 0.239 e. The molecule has 3 unspecified atom stereocenters. The first-order chi connectivity index (χ1) is 13.1. The number of carbonyl (C=O) groups excluding carboxylic acids is 2. The zero-order valence-corrected chi connectivity index (χ0v) is 15.9. The van der Waals surface area contributed by atoms with Crippen LogP contribution < -0.4 is 10.6 Å². The van der Waals surface area contributed by atoms with Crippen LogP contribution in [0.4, 0.5) is 0 Å². The molecule has 0 radical (unpaired) electrons. The number of benzene rings is 1. The molecule has 27 heavy (non-hydrogen) atoms. The number of likely N-dealkylation sites (tertiary alicyclic amines) is 1. The van der Waals surface area contributed by atoms with Gasteiger partial charge in [0.1, 0.15) is 6.04 Å². The van der Waals surface area contributed by atoms with E-state index in [2.05, 4.69) is 45.5 Å². The Hall–Kier alpha value is -2.36. The Morgan fingerprint density at radius 1 is 1.37 bits per heavy atom. The molecule has 6 nitrogen and oxygen atoms in total. The van der Waals surface area contributed by atoms with Crippen molar-refractivity contribution >= 4 is 11.8 Å². The number of hydrogen-bond acceptors (Lipinski definition) is 4. The van der Waals surface area contributed by atoms with E-state index >= 15 is 0 Å². The number of likely N-dealkylation sites (N-methyl/N-ethyl adjacent to an activating group) is 1. The first-order valence-corrected chi connectivity index (χ1v) is 9.58. The highest BCUT2D eigenvalue weighted by Gasteiger charge is 2.44. The molecule has 3 rings (SSSR count). The molecule has 2 aliphatic heterocycles. The van der Waals surface area contributed by atoms with Crippen molar-refractivity contribution < 1.29 is 9.59 Å². The molecule has 0 bridgehead atoms. The van der Waals surface area contributed by atoms with Gasteiger partial charge in [0.2, 0.25) is 11.8 Å². The number of nitrogens with one attached hydrogen (secondary N) is 2. The molecule has 2 amide bonds. The molecule has 1 aromatic carbocycles. The average Bonchev–Trinajstić information content (AvgIpc) is 3.05. The molecular formula is C21H28N4O2. The van der Waals surface area contributed by atoms with Gasteiger partial charge >= 0.3 is 0 Å². The summed E-state index contributed by atoms with van der Waals surface area (Å²) in [5.41, 5.74) is 1.22. The summed E-state index contributed by atoms with van der Waals surface area (Å²) in [7, 11) is 2.08. The van der Waals surface area contributed by atoms with Gasteiger partial charge in [-0.15, -0.1) is 6.42 Å². The van der Waals surface area contributed by atoms with Crippen LogP contribution in [-0.4, -0.2) is 66.4 Å². The molecule has 6 heteroatoms. The number of amides is 2. The topological polar surface area (TPSA) is 64.7 Å². The quantitative estimate of drug-likeness (QED) is 0.722. The van der Waals surface area contributed by atoms with E-state index in [1.807, 2.05) is 18.2 Å². The molecule has 0 aromatic heterocycles. The molecule has 0 saturated carbocycles.